The number of nitriles is 1. The van der Waals surface area contributed by atoms with Crippen LogP contribution < -0.4 is 5.32 Å². The minimum absolute atomic E-state index is 0.622. The Morgan fingerprint density at radius 2 is 2.57 bits per heavy atom. The third-order valence-corrected chi connectivity index (χ3v) is 5.12. The lowest BCUT2D eigenvalue weighted by Crippen LogP contribution is -2.20. The quantitative estimate of drug-likeness (QED) is 0.348. The van der Waals surface area contributed by atoms with Crippen LogP contribution >= 0.6 is 35.3 Å². The Morgan fingerprint density at radius 3 is 3.14 bits per heavy atom. The van der Waals surface area contributed by atoms with Crippen LogP contribution in [0.2, 0.25) is 0 Å². The summed E-state index contributed by atoms with van der Waals surface area (Å²) < 4.78 is 0. The van der Waals surface area contributed by atoms with Crippen molar-refractivity contribution in [2.75, 3.05) is 30.1 Å². The van der Waals surface area contributed by atoms with Crippen LogP contribution in [0.15, 0.2) is 4.99 Å². The predicted molar refractivity (Wildman–Crippen MR) is 68.1 cm³/mol. The molecule has 0 bridgehead atoms. The summed E-state index contributed by atoms with van der Waals surface area (Å²) in [5.74, 6) is 3.67. The number of aliphatic imine (C=N–C) groups is 1. The van der Waals surface area contributed by atoms with Crippen LogP contribution in [0.4, 0.5) is 0 Å². The number of nitrogens with one attached hydrogen (secondary N) is 1. The van der Waals surface area contributed by atoms with Gasteiger partial charge in [0.15, 0.2) is 11.4 Å². The molecule has 1 aliphatic heterocycles. The van der Waals surface area contributed by atoms with Crippen LogP contribution in [0.3, 0.4) is 0 Å². The summed E-state index contributed by atoms with van der Waals surface area (Å²) in [7, 11) is 0. The summed E-state index contributed by atoms with van der Waals surface area (Å²) in [6.07, 6.45) is 3.82. The second-order valence-corrected chi connectivity index (χ2v) is 6.01. The Morgan fingerprint density at radius 1 is 1.71 bits per heavy atom. The van der Waals surface area contributed by atoms with Crippen LogP contribution in [0.1, 0.15) is 0 Å². The first-order valence-electron chi connectivity index (χ1n) is 4.29. The summed E-state index contributed by atoms with van der Waals surface area (Å²) in [6.45, 7) is 0.822. The van der Waals surface area contributed by atoms with Gasteiger partial charge in [0.2, 0.25) is 0 Å². The Bertz CT molecular complexity index is 230. The third-order valence-electron chi connectivity index (χ3n) is 1.68. The van der Waals surface area contributed by atoms with Crippen molar-refractivity contribution >= 4 is 40.5 Å². The molecule has 14 heavy (non-hydrogen) atoms. The molecule has 0 aliphatic carbocycles. The van der Waals surface area contributed by atoms with Gasteiger partial charge in [-0.1, -0.05) is 11.8 Å². The second kappa shape index (κ2) is 7.32. The zero-order valence-corrected chi connectivity index (χ0v) is 10.5. The number of rotatable bonds is 2. The maximum atomic E-state index is 8.44. The fourth-order valence-corrected chi connectivity index (χ4v) is 3.96. The van der Waals surface area contributed by atoms with Gasteiger partial charge in [-0.2, -0.15) is 28.8 Å². The largest absolute Gasteiger partial charge is 0.272 e. The average Bonchev–Trinajstić information content (AvgIpc) is 2.25. The van der Waals surface area contributed by atoms with Crippen molar-refractivity contribution in [2.45, 2.75) is 5.25 Å². The minimum atomic E-state index is 0.622. The van der Waals surface area contributed by atoms with Gasteiger partial charge in [-0.3, -0.25) is 10.3 Å². The van der Waals surface area contributed by atoms with Gasteiger partial charge in [0.1, 0.15) is 0 Å². The van der Waals surface area contributed by atoms with Crippen LogP contribution in [-0.2, 0) is 0 Å². The molecule has 78 valence electrons. The fraction of sp³-hybridized carbons (Fsp3) is 0.750. The molecule has 1 atom stereocenters. The third kappa shape index (κ3) is 4.49. The van der Waals surface area contributed by atoms with E-state index in [-0.39, 0.29) is 0 Å². The van der Waals surface area contributed by atoms with Crippen LogP contribution in [-0.4, -0.2) is 40.5 Å². The molecule has 1 saturated heterocycles. The molecule has 1 N–H and O–H groups in total. The Labute approximate surface area is 97.5 Å². The lowest BCUT2D eigenvalue weighted by molar-refractivity contribution is 0.953. The SMILES string of the molecule is CSC(=NCC1CSCCS1)NC#N. The average molecular weight is 247 g/mol. The lowest BCUT2D eigenvalue weighted by Gasteiger charge is -2.18. The molecular formula is C8H13N3S3. The van der Waals surface area contributed by atoms with Gasteiger partial charge in [-0.05, 0) is 6.26 Å². The van der Waals surface area contributed by atoms with E-state index in [1.807, 2.05) is 36.0 Å². The number of amidine groups is 1. The second-order valence-electron chi connectivity index (χ2n) is 2.65. The number of hydrogen-bond donors (Lipinski definition) is 1. The van der Waals surface area contributed by atoms with E-state index in [0.29, 0.717) is 5.25 Å². The Balaban J connectivity index is 2.31. The number of nitrogens with zero attached hydrogens (tertiary/aromatic N) is 2. The molecule has 0 spiro atoms. The van der Waals surface area contributed by atoms with E-state index in [1.54, 1.807) is 0 Å². The van der Waals surface area contributed by atoms with Crippen molar-refractivity contribution < 1.29 is 0 Å². The van der Waals surface area contributed by atoms with Crippen LogP contribution in [0.5, 0.6) is 0 Å². The number of thioether (sulfide) groups is 3. The molecule has 1 aliphatic rings. The molecule has 3 nitrogen and oxygen atoms in total. The van der Waals surface area contributed by atoms with Gasteiger partial charge in [-0.25, -0.2) is 0 Å². The van der Waals surface area contributed by atoms with Gasteiger partial charge < -0.3 is 0 Å². The molecule has 0 radical (unpaired) electrons. The van der Waals surface area contributed by atoms with Crippen molar-refractivity contribution in [3.8, 4) is 6.19 Å². The van der Waals surface area contributed by atoms with Gasteiger partial charge >= 0.3 is 0 Å². The molecule has 0 aromatic rings. The molecule has 6 heteroatoms. The van der Waals surface area contributed by atoms with Crippen molar-refractivity contribution in [3.63, 3.8) is 0 Å². The highest BCUT2D eigenvalue weighted by molar-refractivity contribution is 8.13. The monoisotopic (exact) mass is 247 g/mol. The Hall–Kier alpha value is 0.0100. The smallest absolute Gasteiger partial charge is 0.183 e. The molecule has 1 heterocycles. The highest BCUT2D eigenvalue weighted by Gasteiger charge is 2.13. The summed E-state index contributed by atoms with van der Waals surface area (Å²) in [4.78, 5) is 4.37. The van der Waals surface area contributed by atoms with Crippen molar-refractivity contribution in [3.05, 3.63) is 0 Å². The topological polar surface area (TPSA) is 48.2 Å². The zero-order valence-electron chi connectivity index (χ0n) is 8.02. The highest BCUT2D eigenvalue weighted by atomic mass is 32.2. The van der Waals surface area contributed by atoms with E-state index in [2.05, 4.69) is 10.3 Å². The lowest BCUT2D eigenvalue weighted by atomic mass is 10.5. The molecule has 0 aromatic carbocycles. The van der Waals surface area contributed by atoms with Gasteiger partial charge in [0, 0.05) is 22.5 Å². The molecule has 0 amide bonds. The normalized spacial score (nSPS) is 22.9. The molecule has 0 saturated carbocycles. The first-order chi connectivity index (χ1) is 6.86. The van der Waals surface area contributed by atoms with Gasteiger partial charge in [0.05, 0.1) is 6.54 Å². The molecule has 0 aromatic heterocycles. The van der Waals surface area contributed by atoms with E-state index in [4.69, 9.17) is 5.26 Å². The summed E-state index contributed by atoms with van der Waals surface area (Å²) in [6, 6.07) is 0. The first-order valence-corrected chi connectivity index (χ1v) is 7.72. The van der Waals surface area contributed by atoms with Crippen LogP contribution in [0.25, 0.3) is 0 Å². The van der Waals surface area contributed by atoms with E-state index in [9.17, 15) is 0 Å². The minimum Gasteiger partial charge on any atom is -0.272 e. The maximum Gasteiger partial charge on any atom is 0.183 e. The molecule has 1 rings (SSSR count). The van der Waals surface area contributed by atoms with Gasteiger partial charge in [0.25, 0.3) is 0 Å². The summed E-state index contributed by atoms with van der Waals surface area (Å²) in [5.41, 5.74) is 0. The summed E-state index contributed by atoms with van der Waals surface area (Å²) in [5, 5.41) is 12.4. The van der Waals surface area contributed by atoms with Crippen molar-refractivity contribution in [1.29, 1.82) is 5.26 Å². The number of hydrogen-bond acceptors (Lipinski definition) is 5. The maximum absolute atomic E-state index is 8.44. The van der Waals surface area contributed by atoms with Crippen molar-refractivity contribution in [1.82, 2.24) is 5.32 Å². The standard InChI is InChI=1S/C8H13N3S3/c1-12-8(11-6-9)10-4-7-5-13-2-3-14-7/h7H,2-5H2,1H3,(H,10,11). The molecule has 1 fully saturated rings. The first kappa shape index (κ1) is 12.1. The van der Waals surface area contributed by atoms with E-state index >= 15 is 0 Å². The highest BCUT2D eigenvalue weighted by Crippen LogP contribution is 2.24. The van der Waals surface area contributed by atoms with Crippen molar-refractivity contribution in [2.24, 2.45) is 4.99 Å². The van der Waals surface area contributed by atoms with E-state index in [1.165, 1.54) is 29.0 Å². The zero-order chi connectivity index (χ0) is 10.2. The van der Waals surface area contributed by atoms with E-state index in [0.717, 1.165) is 11.7 Å². The predicted octanol–water partition coefficient (Wildman–Crippen LogP) is 1.62. The van der Waals surface area contributed by atoms with E-state index < -0.39 is 0 Å². The molecule has 1 unspecified atom stereocenters. The summed E-state index contributed by atoms with van der Waals surface area (Å²) >= 11 is 5.46. The van der Waals surface area contributed by atoms with Crippen LogP contribution in [0, 0.1) is 11.5 Å². The van der Waals surface area contributed by atoms with Gasteiger partial charge in [-0.15, -0.1) is 0 Å². The fourth-order valence-electron chi connectivity index (χ4n) is 1.03. The molecular weight excluding hydrogens is 234 g/mol. The Kier molecular flexibility index (Phi) is 6.32.